The number of thioether (sulfide) groups is 2. The standard InChI is InChI=1S/C15H32N4S2.C13H28N4S2.CH3I.CH4/c1-12(2)18-14(20-5)16-10-8-7-9-11-17-15(21-6)19-13(3)4;1-10(2)16-12(18)14-8-6-5-7-9-15-13(19)17-11(3)4;1-2;/h12-13H,7-11H2,1-6H3,(H,16,18)(H,17,19);10-11H,5-9H2,1-4H3,(H2,14,16,18)(H2,15,17,19);1H3;1H4. The molecule has 0 amide bonds. The lowest BCUT2D eigenvalue weighted by Crippen LogP contribution is -2.40. The highest BCUT2D eigenvalue weighted by Crippen LogP contribution is 2.02. The van der Waals surface area contributed by atoms with Crippen LogP contribution in [0, 0.1) is 0 Å². The Morgan fingerprint density at radius 1 is 0.605 bits per heavy atom. The van der Waals surface area contributed by atoms with Crippen molar-refractivity contribution in [2.45, 2.75) is 126 Å². The van der Waals surface area contributed by atoms with Crippen molar-refractivity contribution in [2.24, 2.45) is 9.98 Å². The molecule has 258 valence electrons. The van der Waals surface area contributed by atoms with Crippen molar-refractivity contribution < 1.29 is 0 Å². The number of rotatable bonds is 16. The smallest absolute Gasteiger partial charge is 0.166 e. The number of nitrogens with zero attached hydrogens (tertiary/aromatic N) is 2. The summed E-state index contributed by atoms with van der Waals surface area (Å²) >= 11 is 15.8. The first-order valence-electron chi connectivity index (χ1n) is 15.1. The Kier molecular flexibility index (Phi) is 41.8. The number of thiocarbonyl (C=S) groups is 2. The van der Waals surface area contributed by atoms with Crippen molar-refractivity contribution in [3.63, 3.8) is 0 Å². The van der Waals surface area contributed by atoms with E-state index in [1.54, 1.807) is 23.5 Å². The Morgan fingerprint density at radius 3 is 1.37 bits per heavy atom. The molecule has 6 N–H and O–H groups in total. The summed E-state index contributed by atoms with van der Waals surface area (Å²) in [6.45, 7) is 20.5. The number of hydrogen-bond donors (Lipinski definition) is 6. The summed E-state index contributed by atoms with van der Waals surface area (Å²) in [4.78, 5) is 11.1. The van der Waals surface area contributed by atoms with E-state index in [1.165, 1.54) is 12.8 Å². The third kappa shape index (κ3) is 41.8. The van der Waals surface area contributed by atoms with Gasteiger partial charge in [0.15, 0.2) is 20.6 Å². The molecular weight excluding hydrogens is 728 g/mol. The molecule has 0 aliphatic carbocycles. The second-order valence-electron chi connectivity index (χ2n) is 10.6. The highest BCUT2D eigenvalue weighted by atomic mass is 127. The predicted octanol–water partition coefficient (Wildman–Crippen LogP) is 7.18. The molecule has 0 atom stereocenters. The van der Waals surface area contributed by atoms with Crippen LogP contribution in [0.3, 0.4) is 0 Å². The molecule has 0 saturated heterocycles. The number of alkyl halides is 1. The SMILES string of the molecule is C.CC(C)NC(=S)NCCCCCNC(=S)NC(C)C.CI.CSC(=NC(C)C)NCCCCCN=C(NC(C)C)SC. The first kappa shape index (κ1) is 49.6. The summed E-state index contributed by atoms with van der Waals surface area (Å²) in [6.07, 6.45) is 11.0. The molecule has 0 unspecified atom stereocenters. The Labute approximate surface area is 300 Å². The fraction of sp³-hybridized carbons (Fsp3) is 0.867. The quantitative estimate of drug-likeness (QED) is 0.0241. The van der Waals surface area contributed by atoms with E-state index in [0.29, 0.717) is 24.2 Å². The van der Waals surface area contributed by atoms with E-state index < -0.39 is 0 Å². The summed E-state index contributed by atoms with van der Waals surface area (Å²) < 4.78 is 0. The van der Waals surface area contributed by atoms with Crippen molar-refractivity contribution in [3.8, 4) is 0 Å². The summed E-state index contributed by atoms with van der Waals surface area (Å²) in [5.74, 6) is 0. The zero-order valence-corrected chi connectivity index (χ0v) is 33.7. The fourth-order valence-electron chi connectivity index (χ4n) is 3.07. The fourth-order valence-corrected chi connectivity index (χ4v) is 4.88. The van der Waals surface area contributed by atoms with Gasteiger partial charge in [-0.05, 0) is 136 Å². The van der Waals surface area contributed by atoms with Crippen LogP contribution in [-0.4, -0.2) is 88.3 Å². The van der Waals surface area contributed by atoms with Crippen LogP contribution in [0.2, 0.25) is 0 Å². The van der Waals surface area contributed by atoms with Gasteiger partial charge in [0.2, 0.25) is 0 Å². The minimum atomic E-state index is 0. The van der Waals surface area contributed by atoms with Crippen LogP contribution in [0.25, 0.3) is 0 Å². The lowest BCUT2D eigenvalue weighted by Gasteiger charge is -2.14. The molecule has 13 heteroatoms. The van der Waals surface area contributed by atoms with Crippen LogP contribution >= 0.6 is 70.6 Å². The Bertz CT molecular complexity index is 680. The van der Waals surface area contributed by atoms with Gasteiger partial charge in [-0.1, -0.05) is 53.5 Å². The zero-order chi connectivity index (χ0) is 32.8. The van der Waals surface area contributed by atoms with Gasteiger partial charge < -0.3 is 31.9 Å². The Hall–Kier alpha value is -0.250. The van der Waals surface area contributed by atoms with Gasteiger partial charge in [-0.15, -0.1) is 0 Å². The van der Waals surface area contributed by atoms with Gasteiger partial charge in [-0.2, -0.15) is 0 Å². The third-order valence-corrected chi connectivity index (χ3v) is 6.60. The van der Waals surface area contributed by atoms with Gasteiger partial charge in [0.25, 0.3) is 0 Å². The van der Waals surface area contributed by atoms with Crippen LogP contribution < -0.4 is 31.9 Å². The van der Waals surface area contributed by atoms with Gasteiger partial charge in [0.05, 0.1) is 0 Å². The molecule has 0 spiro atoms. The van der Waals surface area contributed by atoms with Crippen molar-refractivity contribution >= 4 is 91.1 Å². The van der Waals surface area contributed by atoms with E-state index in [0.717, 1.165) is 72.4 Å². The van der Waals surface area contributed by atoms with Crippen molar-refractivity contribution in [2.75, 3.05) is 43.6 Å². The van der Waals surface area contributed by atoms with Gasteiger partial charge in [0, 0.05) is 50.3 Å². The minimum absolute atomic E-state index is 0. The van der Waals surface area contributed by atoms with E-state index in [-0.39, 0.29) is 7.43 Å². The molecule has 0 aromatic carbocycles. The Morgan fingerprint density at radius 2 is 1.00 bits per heavy atom. The molecule has 0 fully saturated rings. The number of aliphatic imine (C=N–C) groups is 2. The number of nitrogens with one attached hydrogen (secondary N) is 6. The molecule has 0 aromatic rings. The normalized spacial score (nSPS) is 11.2. The largest absolute Gasteiger partial charge is 0.365 e. The molecule has 0 heterocycles. The summed E-state index contributed by atoms with van der Waals surface area (Å²) in [5, 5.41) is 23.1. The topological polar surface area (TPSA) is 96.9 Å². The second kappa shape index (κ2) is 36.2. The maximum absolute atomic E-state index is 5.15. The highest BCUT2D eigenvalue weighted by molar-refractivity contribution is 14.1. The lowest BCUT2D eigenvalue weighted by molar-refractivity contribution is 0.634. The van der Waals surface area contributed by atoms with Crippen LogP contribution in [0.4, 0.5) is 0 Å². The number of hydrogen-bond acceptors (Lipinski definition) is 6. The minimum Gasteiger partial charge on any atom is -0.365 e. The Balaban J connectivity index is -0.000000328. The van der Waals surface area contributed by atoms with Crippen molar-refractivity contribution in [1.29, 1.82) is 0 Å². The second-order valence-corrected chi connectivity index (χ2v) is 13.0. The molecule has 0 aliphatic heterocycles. The van der Waals surface area contributed by atoms with Gasteiger partial charge in [-0.3, -0.25) is 9.98 Å². The monoisotopic (exact) mass is 794 g/mol. The van der Waals surface area contributed by atoms with E-state index in [4.69, 9.17) is 24.4 Å². The molecule has 0 aromatic heterocycles. The van der Waals surface area contributed by atoms with Gasteiger partial charge in [0.1, 0.15) is 0 Å². The van der Waals surface area contributed by atoms with E-state index in [9.17, 15) is 0 Å². The number of amidine groups is 2. The van der Waals surface area contributed by atoms with Gasteiger partial charge in [-0.25, -0.2) is 0 Å². The summed E-state index contributed by atoms with van der Waals surface area (Å²) in [6, 6.07) is 1.58. The van der Waals surface area contributed by atoms with Crippen molar-refractivity contribution in [1.82, 2.24) is 31.9 Å². The van der Waals surface area contributed by atoms with Crippen LogP contribution in [0.5, 0.6) is 0 Å². The van der Waals surface area contributed by atoms with Crippen LogP contribution in [0.1, 0.15) is 101 Å². The maximum Gasteiger partial charge on any atom is 0.166 e. The molecule has 0 radical (unpaired) electrons. The molecule has 0 aliphatic rings. The first-order valence-corrected chi connectivity index (χ1v) is 20.5. The molecule has 43 heavy (non-hydrogen) atoms. The van der Waals surface area contributed by atoms with E-state index in [1.807, 2.05) is 4.93 Å². The molecule has 0 saturated carbocycles. The first-order chi connectivity index (χ1) is 19.9. The summed E-state index contributed by atoms with van der Waals surface area (Å²) in [5.41, 5.74) is 0. The van der Waals surface area contributed by atoms with Crippen molar-refractivity contribution in [3.05, 3.63) is 0 Å². The number of unbranched alkanes of at least 4 members (excludes halogenated alkanes) is 4. The highest BCUT2D eigenvalue weighted by Gasteiger charge is 2.01. The average Bonchev–Trinajstić information content (AvgIpc) is 2.90. The molecule has 0 rings (SSSR count). The number of halogens is 1. The lowest BCUT2D eigenvalue weighted by atomic mass is 10.2. The third-order valence-electron chi connectivity index (χ3n) is 4.81. The van der Waals surface area contributed by atoms with E-state index in [2.05, 4.69) is 132 Å². The average molecular weight is 795 g/mol. The van der Waals surface area contributed by atoms with Crippen LogP contribution in [0.15, 0.2) is 9.98 Å². The molecule has 0 bridgehead atoms. The van der Waals surface area contributed by atoms with E-state index >= 15 is 0 Å². The summed E-state index contributed by atoms with van der Waals surface area (Å²) in [7, 11) is 0. The van der Waals surface area contributed by atoms with Crippen LogP contribution in [-0.2, 0) is 0 Å². The van der Waals surface area contributed by atoms with Gasteiger partial charge >= 0.3 is 0 Å². The predicted molar refractivity (Wildman–Crippen MR) is 220 cm³/mol. The molecular formula is C30H67IN8S4. The maximum atomic E-state index is 5.15. The molecule has 8 nitrogen and oxygen atoms in total. The zero-order valence-electron chi connectivity index (χ0n) is 28.3.